The summed E-state index contributed by atoms with van der Waals surface area (Å²) in [5, 5.41) is 10.7. The van der Waals surface area contributed by atoms with E-state index >= 15 is 0 Å². The van der Waals surface area contributed by atoms with Gasteiger partial charge in [0.25, 0.3) is 0 Å². The topological polar surface area (TPSA) is 82.1 Å². The van der Waals surface area contributed by atoms with E-state index in [2.05, 4.69) is 13.8 Å². The standard InChI is InChI=1S/C36H60O6/c1-3-5-7-9-11-13-15-17-19-32(20-18-16-14-12-10-8-6-4-2)40-34(39)28-33-27-31(38)29-36(41-33)26-25-35(42-36)23-21-30(37)22-24-35/h21-24,31-33,38H,3-20,25-29H2,1-2H3/t31?,33?,36-/m0/s1. The van der Waals surface area contributed by atoms with E-state index in [1.165, 1.54) is 102 Å². The van der Waals surface area contributed by atoms with Gasteiger partial charge in [-0.05, 0) is 56.4 Å². The van der Waals surface area contributed by atoms with Crippen LogP contribution in [0, 0.1) is 0 Å². The Morgan fingerprint density at radius 3 is 1.93 bits per heavy atom. The van der Waals surface area contributed by atoms with E-state index < -0.39 is 23.6 Å². The minimum Gasteiger partial charge on any atom is -0.462 e. The van der Waals surface area contributed by atoms with Gasteiger partial charge >= 0.3 is 5.97 Å². The molecule has 6 nitrogen and oxygen atoms in total. The molecule has 240 valence electrons. The lowest BCUT2D eigenvalue weighted by Crippen LogP contribution is -2.48. The van der Waals surface area contributed by atoms with Gasteiger partial charge in [-0.25, -0.2) is 0 Å². The van der Waals surface area contributed by atoms with Gasteiger partial charge < -0.3 is 19.3 Å². The van der Waals surface area contributed by atoms with Crippen LogP contribution in [0.5, 0.6) is 0 Å². The summed E-state index contributed by atoms with van der Waals surface area (Å²) in [4.78, 5) is 24.8. The van der Waals surface area contributed by atoms with Gasteiger partial charge in [-0.15, -0.1) is 0 Å². The number of hydrogen-bond donors (Lipinski definition) is 1. The Morgan fingerprint density at radius 2 is 1.38 bits per heavy atom. The number of aliphatic hydroxyl groups is 1. The molecule has 0 amide bonds. The fraction of sp³-hybridized carbons (Fsp3) is 0.833. The number of carbonyl (C=O) groups is 2. The molecule has 2 spiro atoms. The predicted molar refractivity (Wildman–Crippen MR) is 168 cm³/mol. The van der Waals surface area contributed by atoms with Crippen molar-refractivity contribution >= 4 is 11.8 Å². The van der Waals surface area contributed by atoms with Gasteiger partial charge in [0.1, 0.15) is 11.7 Å². The molecule has 1 aliphatic carbocycles. The Labute approximate surface area is 256 Å². The monoisotopic (exact) mass is 588 g/mol. The number of rotatable bonds is 21. The Bertz CT molecular complexity index is 814. The Balaban J connectivity index is 1.45. The van der Waals surface area contributed by atoms with E-state index in [4.69, 9.17) is 14.2 Å². The molecule has 0 aromatic carbocycles. The molecular weight excluding hydrogens is 528 g/mol. The van der Waals surface area contributed by atoms with Crippen molar-refractivity contribution in [2.45, 2.75) is 191 Å². The van der Waals surface area contributed by atoms with Crippen LogP contribution < -0.4 is 0 Å². The van der Waals surface area contributed by atoms with Gasteiger partial charge in [-0.3, -0.25) is 9.59 Å². The molecule has 2 unspecified atom stereocenters. The molecule has 2 saturated heterocycles. The normalized spacial score (nSPS) is 24.8. The van der Waals surface area contributed by atoms with Crippen molar-refractivity contribution in [3.8, 4) is 0 Å². The summed E-state index contributed by atoms with van der Waals surface area (Å²) in [5.74, 6) is -1.22. The summed E-state index contributed by atoms with van der Waals surface area (Å²) in [5.41, 5.74) is -0.673. The molecule has 2 fully saturated rings. The highest BCUT2D eigenvalue weighted by Crippen LogP contribution is 2.47. The second-order valence-corrected chi connectivity index (χ2v) is 13.2. The largest absolute Gasteiger partial charge is 0.462 e. The number of allylic oxidation sites excluding steroid dienone is 2. The summed E-state index contributed by atoms with van der Waals surface area (Å²) < 4.78 is 18.8. The number of aliphatic hydroxyl groups excluding tert-OH is 1. The number of esters is 1. The lowest BCUT2D eigenvalue weighted by atomic mass is 9.91. The highest BCUT2D eigenvalue weighted by atomic mass is 16.7. The van der Waals surface area contributed by atoms with Gasteiger partial charge in [-0.2, -0.15) is 0 Å². The average molecular weight is 589 g/mol. The van der Waals surface area contributed by atoms with Crippen molar-refractivity contribution in [3.05, 3.63) is 24.3 Å². The van der Waals surface area contributed by atoms with Gasteiger partial charge in [0, 0.05) is 19.3 Å². The number of ketones is 1. The molecule has 0 radical (unpaired) electrons. The van der Waals surface area contributed by atoms with Crippen LogP contribution in [0.4, 0.5) is 0 Å². The van der Waals surface area contributed by atoms with E-state index in [1.807, 2.05) is 0 Å². The van der Waals surface area contributed by atoms with Crippen LogP contribution in [0.15, 0.2) is 24.3 Å². The molecule has 1 N–H and O–H groups in total. The molecule has 6 heteroatoms. The van der Waals surface area contributed by atoms with Gasteiger partial charge in [0.05, 0.1) is 18.6 Å². The first kappa shape index (κ1) is 35.0. The van der Waals surface area contributed by atoms with Crippen LogP contribution in [-0.2, 0) is 23.8 Å². The van der Waals surface area contributed by atoms with Crippen LogP contribution in [-0.4, -0.2) is 46.6 Å². The molecular formula is C36H60O6. The molecule has 0 bridgehead atoms. The summed E-state index contributed by atoms with van der Waals surface area (Å²) >= 11 is 0. The van der Waals surface area contributed by atoms with E-state index in [-0.39, 0.29) is 24.3 Å². The van der Waals surface area contributed by atoms with E-state index in [9.17, 15) is 14.7 Å². The summed E-state index contributed by atoms with van der Waals surface area (Å²) in [6.45, 7) is 4.51. The molecule has 3 atom stereocenters. The lowest BCUT2D eigenvalue weighted by Gasteiger charge is -2.41. The maximum Gasteiger partial charge on any atom is 0.308 e. The molecule has 42 heavy (non-hydrogen) atoms. The minimum absolute atomic E-state index is 0.0405. The van der Waals surface area contributed by atoms with Crippen molar-refractivity contribution in [2.75, 3.05) is 0 Å². The molecule has 3 aliphatic rings. The minimum atomic E-state index is -0.939. The highest BCUT2D eigenvalue weighted by Gasteiger charge is 2.52. The molecule has 2 heterocycles. The van der Waals surface area contributed by atoms with E-state index in [0.717, 1.165) is 25.7 Å². The van der Waals surface area contributed by atoms with Crippen LogP contribution in [0.3, 0.4) is 0 Å². The second kappa shape index (κ2) is 19.0. The lowest BCUT2D eigenvalue weighted by molar-refractivity contribution is -0.291. The van der Waals surface area contributed by atoms with Crippen LogP contribution >= 0.6 is 0 Å². The van der Waals surface area contributed by atoms with Gasteiger partial charge in [0.2, 0.25) is 0 Å². The fourth-order valence-corrected chi connectivity index (χ4v) is 6.82. The number of ether oxygens (including phenoxy) is 3. The van der Waals surface area contributed by atoms with Crippen molar-refractivity contribution in [2.24, 2.45) is 0 Å². The van der Waals surface area contributed by atoms with Crippen molar-refractivity contribution in [1.82, 2.24) is 0 Å². The quantitative estimate of drug-likeness (QED) is 0.107. The molecule has 0 aromatic heterocycles. The summed E-state index contributed by atoms with van der Waals surface area (Å²) in [6, 6.07) is 0. The molecule has 3 rings (SSSR count). The maximum absolute atomic E-state index is 13.1. The van der Waals surface area contributed by atoms with E-state index in [0.29, 0.717) is 25.7 Å². The van der Waals surface area contributed by atoms with Crippen LogP contribution in [0.1, 0.15) is 162 Å². The molecule has 0 saturated carbocycles. The van der Waals surface area contributed by atoms with Crippen molar-refractivity contribution in [1.29, 1.82) is 0 Å². The number of carbonyl (C=O) groups excluding carboxylic acids is 2. The summed E-state index contributed by atoms with van der Waals surface area (Å²) in [6.07, 6.45) is 29.9. The Hall–Kier alpha value is -1.50. The third-order valence-electron chi connectivity index (χ3n) is 9.25. The smallest absolute Gasteiger partial charge is 0.308 e. The zero-order valence-corrected chi connectivity index (χ0v) is 26.8. The first-order chi connectivity index (χ1) is 20.4. The zero-order chi connectivity index (χ0) is 30.1. The van der Waals surface area contributed by atoms with Crippen LogP contribution in [0.2, 0.25) is 0 Å². The summed E-state index contributed by atoms with van der Waals surface area (Å²) in [7, 11) is 0. The number of unbranched alkanes of at least 4 members (excludes halogenated alkanes) is 14. The number of hydrogen-bond acceptors (Lipinski definition) is 6. The first-order valence-corrected chi connectivity index (χ1v) is 17.6. The average Bonchev–Trinajstić information content (AvgIpc) is 3.28. The van der Waals surface area contributed by atoms with E-state index in [1.54, 1.807) is 12.2 Å². The van der Waals surface area contributed by atoms with Gasteiger partial charge in [-0.1, -0.05) is 104 Å². The predicted octanol–water partition coefficient (Wildman–Crippen LogP) is 8.83. The van der Waals surface area contributed by atoms with Crippen molar-refractivity contribution < 1.29 is 28.9 Å². The second-order valence-electron chi connectivity index (χ2n) is 13.2. The van der Waals surface area contributed by atoms with Crippen LogP contribution in [0.25, 0.3) is 0 Å². The maximum atomic E-state index is 13.1. The third-order valence-corrected chi connectivity index (χ3v) is 9.25. The third kappa shape index (κ3) is 12.6. The zero-order valence-electron chi connectivity index (χ0n) is 26.8. The first-order valence-electron chi connectivity index (χ1n) is 17.6. The SMILES string of the molecule is CCCCCCCCCCC(CCCCCCCCCC)OC(=O)CC1CC(O)C[C@@]2(CCC3(C=CC(=O)C=C3)O2)O1. The fourth-order valence-electron chi connectivity index (χ4n) is 6.82. The van der Waals surface area contributed by atoms with Gasteiger partial charge in [0.15, 0.2) is 11.6 Å². The molecule has 2 aliphatic heterocycles. The highest BCUT2D eigenvalue weighted by molar-refractivity contribution is 6.00. The van der Waals surface area contributed by atoms with Crippen molar-refractivity contribution in [3.63, 3.8) is 0 Å². The molecule has 0 aromatic rings. The Kier molecular flexibility index (Phi) is 15.8. The Morgan fingerprint density at radius 1 is 0.857 bits per heavy atom.